The van der Waals surface area contributed by atoms with Crippen LogP contribution in [0.2, 0.25) is 0 Å². The van der Waals surface area contributed by atoms with Gasteiger partial charge in [0.1, 0.15) is 6.29 Å². The van der Waals surface area contributed by atoms with Crippen molar-refractivity contribution in [1.82, 2.24) is 0 Å². The molecular weight excluding hydrogens is 288 g/mol. The van der Waals surface area contributed by atoms with Gasteiger partial charge >= 0.3 is 11.9 Å². The summed E-state index contributed by atoms with van der Waals surface area (Å²) in [5.41, 5.74) is 1.01. The van der Waals surface area contributed by atoms with Crippen LogP contribution >= 0.6 is 0 Å². The van der Waals surface area contributed by atoms with E-state index in [4.69, 9.17) is 9.47 Å². The molecule has 0 radical (unpaired) electrons. The van der Waals surface area contributed by atoms with Gasteiger partial charge in [-0.2, -0.15) is 0 Å². The van der Waals surface area contributed by atoms with Crippen molar-refractivity contribution in [2.75, 3.05) is 14.2 Å². The fourth-order valence-corrected chi connectivity index (χ4v) is 1.80. The Kier molecular flexibility index (Phi) is 6.82. The number of carbonyl (C=O) groups is 3. The molecule has 0 spiro atoms. The maximum absolute atomic E-state index is 11.8. The van der Waals surface area contributed by atoms with E-state index in [9.17, 15) is 14.4 Å². The molecule has 6 heteroatoms. The van der Waals surface area contributed by atoms with Crippen LogP contribution < -0.4 is 9.47 Å². The number of aldehydes is 1. The average molecular weight is 306 g/mol. The van der Waals surface area contributed by atoms with Gasteiger partial charge in [0.25, 0.3) is 0 Å². The average Bonchev–Trinajstić information content (AvgIpc) is 2.53. The topological polar surface area (TPSA) is 78.9 Å². The molecule has 0 amide bonds. The van der Waals surface area contributed by atoms with Gasteiger partial charge in [-0.25, -0.2) is 0 Å². The maximum atomic E-state index is 11.8. The summed E-state index contributed by atoms with van der Waals surface area (Å²) in [6, 6.07) is 3.07. The van der Waals surface area contributed by atoms with Gasteiger partial charge in [0.15, 0.2) is 11.5 Å². The summed E-state index contributed by atoms with van der Waals surface area (Å²) in [5, 5.41) is 0. The molecule has 1 aromatic carbocycles. The van der Waals surface area contributed by atoms with Gasteiger partial charge in [-0.15, -0.1) is 6.58 Å². The van der Waals surface area contributed by atoms with Crippen LogP contribution in [0.1, 0.15) is 28.8 Å². The zero-order valence-electron chi connectivity index (χ0n) is 12.6. The number of hydrogen-bond acceptors (Lipinski definition) is 6. The Balaban J connectivity index is 3.00. The van der Waals surface area contributed by atoms with Crippen LogP contribution in [0.4, 0.5) is 0 Å². The minimum atomic E-state index is -0.590. The minimum Gasteiger partial charge on any atom is -0.493 e. The van der Waals surface area contributed by atoms with E-state index in [-0.39, 0.29) is 24.3 Å². The van der Waals surface area contributed by atoms with Crippen LogP contribution in [-0.2, 0) is 20.7 Å². The Morgan fingerprint density at radius 2 is 1.86 bits per heavy atom. The second kappa shape index (κ2) is 8.61. The monoisotopic (exact) mass is 306 g/mol. The lowest BCUT2D eigenvalue weighted by molar-refractivity contribution is -0.144. The first-order valence-corrected chi connectivity index (χ1v) is 6.60. The van der Waals surface area contributed by atoms with Gasteiger partial charge < -0.3 is 14.2 Å². The molecule has 0 aromatic heterocycles. The molecule has 0 saturated heterocycles. The van der Waals surface area contributed by atoms with Crippen LogP contribution in [0, 0.1) is 0 Å². The minimum absolute atomic E-state index is 0.0686. The Hall–Kier alpha value is -2.63. The summed E-state index contributed by atoms with van der Waals surface area (Å²) in [6.07, 6.45) is 2.52. The maximum Gasteiger partial charge on any atom is 0.311 e. The van der Waals surface area contributed by atoms with Crippen LogP contribution in [0.5, 0.6) is 11.5 Å². The largest absolute Gasteiger partial charge is 0.493 e. The SMILES string of the molecule is C=CCc1cc(C=O)cc(OC)c1OC(=O)CCC(=O)OC. The van der Waals surface area contributed by atoms with E-state index in [1.165, 1.54) is 20.3 Å². The van der Waals surface area contributed by atoms with E-state index in [1.54, 1.807) is 12.1 Å². The highest BCUT2D eigenvalue weighted by Gasteiger charge is 2.17. The molecule has 0 aliphatic rings. The lowest BCUT2D eigenvalue weighted by Crippen LogP contribution is -2.13. The number of hydrogen-bond donors (Lipinski definition) is 0. The lowest BCUT2D eigenvalue weighted by atomic mass is 10.1. The molecule has 118 valence electrons. The highest BCUT2D eigenvalue weighted by molar-refractivity contribution is 5.81. The molecule has 6 nitrogen and oxygen atoms in total. The summed E-state index contributed by atoms with van der Waals surface area (Å²) in [4.78, 5) is 33.8. The standard InChI is InChI=1S/C16H18O6/c1-4-5-12-8-11(10-17)9-13(20-2)16(12)22-15(19)7-6-14(18)21-3/h4,8-10H,1,5-7H2,2-3H3. The van der Waals surface area contributed by atoms with E-state index in [0.29, 0.717) is 23.8 Å². The van der Waals surface area contributed by atoms with Crippen molar-refractivity contribution in [2.45, 2.75) is 19.3 Å². The lowest BCUT2D eigenvalue weighted by Gasteiger charge is -2.14. The number of esters is 2. The third-order valence-corrected chi connectivity index (χ3v) is 2.85. The van der Waals surface area contributed by atoms with Gasteiger partial charge in [0.2, 0.25) is 0 Å². The Bertz CT molecular complexity index is 576. The predicted octanol–water partition coefficient (Wildman–Crippen LogP) is 2.09. The third-order valence-electron chi connectivity index (χ3n) is 2.85. The second-order valence-electron chi connectivity index (χ2n) is 4.37. The number of benzene rings is 1. The first-order chi connectivity index (χ1) is 10.5. The van der Waals surface area contributed by atoms with E-state index in [1.807, 2.05) is 0 Å². The van der Waals surface area contributed by atoms with Crippen molar-refractivity contribution in [3.05, 3.63) is 35.9 Å². The summed E-state index contributed by atoms with van der Waals surface area (Å²) in [7, 11) is 2.66. The highest BCUT2D eigenvalue weighted by atomic mass is 16.6. The molecule has 0 aliphatic heterocycles. The molecule has 0 heterocycles. The van der Waals surface area contributed by atoms with Crippen molar-refractivity contribution in [3.63, 3.8) is 0 Å². The molecule has 0 saturated carbocycles. The molecule has 1 rings (SSSR count). The molecular formula is C16H18O6. The van der Waals surface area contributed by atoms with Gasteiger partial charge in [0, 0.05) is 11.1 Å². The van der Waals surface area contributed by atoms with Gasteiger partial charge in [-0.05, 0) is 18.6 Å². The van der Waals surface area contributed by atoms with Crippen molar-refractivity contribution in [3.8, 4) is 11.5 Å². The van der Waals surface area contributed by atoms with Crippen LogP contribution in [-0.4, -0.2) is 32.4 Å². The Morgan fingerprint density at radius 1 is 1.18 bits per heavy atom. The van der Waals surface area contributed by atoms with Crippen LogP contribution in [0.3, 0.4) is 0 Å². The molecule has 0 fully saturated rings. The van der Waals surface area contributed by atoms with Crippen molar-refractivity contribution in [1.29, 1.82) is 0 Å². The number of carbonyl (C=O) groups excluding carboxylic acids is 3. The number of allylic oxidation sites excluding steroid dienone is 1. The van der Waals surface area contributed by atoms with Crippen molar-refractivity contribution < 1.29 is 28.6 Å². The fourth-order valence-electron chi connectivity index (χ4n) is 1.80. The van der Waals surface area contributed by atoms with Crippen molar-refractivity contribution in [2.24, 2.45) is 0 Å². The van der Waals surface area contributed by atoms with Crippen LogP contribution in [0.15, 0.2) is 24.8 Å². The second-order valence-corrected chi connectivity index (χ2v) is 4.37. The summed E-state index contributed by atoms with van der Waals surface area (Å²) in [6.45, 7) is 3.63. The zero-order valence-corrected chi connectivity index (χ0v) is 12.6. The molecule has 0 unspecified atom stereocenters. The third kappa shape index (κ3) is 4.73. The predicted molar refractivity (Wildman–Crippen MR) is 79.2 cm³/mol. The summed E-state index contributed by atoms with van der Waals surface area (Å²) < 4.78 is 14.9. The molecule has 22 heavy (non-hydrogen) atoms. The Labute approximate surface area is 128 Å². The van der Waals surface area contributed by atoms with Gasteiger partial charge in [0.05, 0.1) is 27.1 Å². The quantitative estimate of drug-likeness (QED) is 0.317. The number of methoxy groups -OCH3 is 2. The fraction of sp³-hybridized carbons (Fsp3) is 0.312. The zero-order chi connectivity index (χ0) is 16.5. The summed E-state index contributed by atoms with van der Waals surface area (Å²) in [5.74, 6) is -0.588. The first kappa shape index (κ1) is 17.4. The number of rotatable bonds is 8. The van der Waals surface area contributed by atoms with Gasteiger partial charge in [-0.3, -0.25) is 14.4 Å². The Morgan fingerprint density at radius 3 is 2.41 bits per heavy atom. The molecule has 0 atom stereocenters. The first-order valence-electron chi connectivity index (χ1n) is 6.60. The van der Waals surface area contributed by atoms with Crippen molar-refractivity contribution >= 4 is 18.2 Å². The van der Waals surface area contributed by atoms with E-state index in [0.717, 1.165) is 0 Å². The van der Waals surface area contributed by atoms with Gasteiger partial charge in [-0.1, -0.05) is 6.08 Å². The van der Waals surface area contributed by atoms with E-state index >= 15 is 0 Å². The smallest absolute Gasteiger partial charge is 0.311 e. The highest BCUT2D eigenvalue weighted by Crippen LogP contribution is 2.33. The normalized spacial score (nSPS) is 9.73. The molecule has 1 aromatic rings. The summed E-state index contributed by atoms with van der Waals surface area (Å²) >= 11 is 0. The van der Waals surface area contributed by atoms with E-state index < -0.39 is 11.9 Å². The van der Waals surface area contributed by atoms with E-state index in [2.05, 4.69) is 11.3 Å². The van der Waals surface area contributed by atoms with Crippen LogP contribution in [0.25, 0.3) is 0 Å². The molecule has 0 aliphatic carbocycles. The number of ether oxygens (including phenoxy) is 3. The molecule has 0 bridgehead atoms. The molecule has 0 N–H and O–H groups in total.